The molecule has 0 radical (unpaired) electrons. The molecule has 2 amide bonds. The first-order chi connectivity index (χ1) is 6.31. The highest BCUT2D eigenvalue weighted by Gasteiger charge is 1.98. The van der Waals surface area contributed by atoms with Gasteiger partial charge in [-0.05, 0) is 0 Å². The third-order valence-corrected chi connectivity index (χ3v) is 1.77. The first-order valence-corrected chi connectivity index (χ1v) is 4.85. The van der Waals surface area contributed by atoms with Crippen molar-refractivity contribution in [2.24, 2.45) is 0 Å². The van der Waals surface area contributed by atoms with Gasteiger partial charge < -0.3 is 10.6 Å². The number of hydrogen-bond acceptors (Lipinski definition) is 4. The molecule has 6 heteroatoms. The van der Waals surface area contributed by atoms with Crippen LogP contribution in [0.5, 0.6) is 0 Å². The molecule has 0 aliphatic rings. The van der Waals surface area contributed by atoms with Gasteiger partial charge in [0.2, 0.25) is 12.3 Å². The van der Waals surface area contributed by atoms with E-state index in [2.05, 4.69) is 10.6 Å². The van der Waals surface area contributed by atoms with Gasteiger partial charge in [-0.25, -0.2) is 0 Å². The van der Waals surface area contributed by atoms with Gasteiger partial charge in [-0.3, -0.25) is 14.4 Å². The Labute approximate surface area is 80.6 Å². The molecule has 0 rings (SSSR count). The van der Waals surface area contributed by atoms with E-state index in [4.69, 9.17) is 0 Å². The van der Waals surface area contributed by atoms with Crippen LogP contribution in [0.25, 0.3) is 0 Å². The van der Waals surface area contributed by atoms with Gasteiger partial charge in [-0.1, -0.05) is 11.8 Å². The lowest BCUT2D eigenvalue weighted by Crippen LogP contribution is -2.28. The first kappa shape index (κ1) is 12.0. The quantitative estimate of drug-likeness (QED) is 0.399. The second kappa shape index (κ2) is 9.05. The molecule has 0 fully saturated rings. The van der Waals surface area contributed by atoms with E-state index in [1.165, 1.54) is 0 Å². The zero-order valence-corrected chi connectivity index (χ0v) is 7.93. The summed E-state index contributed by atoms with van der Waals surface area (Å²) in [6.07, 6.45) is 0.819. The average Bonchev–Trinajstić information content (AvgIpc) is 2.13. The molecule has 0 aliphatic carbocycles. The SMILES string of the molecule is O=CNCCC(=O)NCCSC=O. The van der Waals surface area contributed by atoms with Crippen molar-refractivity contribution in [2.45, 2.75) is 6.42 Å². The lowest BCUT2D eigenvalue weighted by molar-refractivity contribution is -0.120. The number of carbonyl (C=O) groups excluding carboxylic acids is 3. The van der Waals surface area contributed by atoms with E-state index in [0.29, 0.717) is 25.3 Å². The summed E-state index contributed by atoms with van der Waals surface area (Å²) in [6, 6.07) is 0. The molecule has 5 nitrogen and oxygen atoms in total. The molecule has 0 aromatic rings. The van der Waals surface area contributed by atoms with Crippen LogP contribution >= 0.6 is 11.8 Å². The highest BCUT2D eigenvalue weighted by Crippen LogP contribution is 1.89. The van der Waals surface area contributed by atoms with E-state index in [1.807, 2.05) is 0 Å². The minimum absolute atomic E-state index is 0.124. The van der Waals surface area contributed by atoms with Gasteiger partial charge in [-0.15, -0.1) is 0 Å². The third-order valence-electron chi connectivity index (χ3n) is 1.19. The monoisotopic (exact) mass is 204 g/mol. The molecule has 0 saturated heterocycles. The molecule has 74 valence electrons. The van der Waals surface area contributed by atoms with Crippen molar-refractivity contribution in [3.8, 4) is 0 Å². The Bertz CT molecular complexity index is 175. The average molecular weight is 204 g/mol. The fourth-order valence-electron chi connectivity index (χ4n) is 0.631. The van der Waals surface area contributed by atoms with Crippen LogP contribution in [0.2, 0.25) is 0 Å². The van der Waals surface area contributed by atoms with Crippen LogP contribution in [0.4, 0.5) is 0 Å². The van der Waals surface area contributed by atoms with Crippen LogP contribution in [0.15, 0.2) is 0 Å². The molecule has 0 unspecified atom stereocenters. The van der Waals surface area contributed by atoms with Gasteiger partial charge in [0.15, 0.2) is 5.62 Å². The van der Waals surface area contributed by atoms with Gasteiger partial charge in [0.1, 0.15) is 0 Å². The minimum atomic E-state index is -0.124. The summed E-state index contributed by atoms with van der Waals surface area (Å²) in [7, 11) is 0. The molecular weight excluding hydrogens is 192 g/mol. The van der Waals surface area contributed by atoms with Gasteiger partial charge in [-0.2, -0.15) is 0 Å². The van der Waals surface area contributed by atoms with E-state index < -0.39 is 0 Å². The molecule has 0 bridgehead atoms. The second-order valence-corrected chi connectivity index (χ2v) is 3.07. The minimum Gasteiger partial charge on any atom is -0.358 e. The zero-order chi connectivity index (χ0) is 9.94. The van der Waals surface area contributed by atoms with E-state index >= 15 is 0 Å². The standard InChI is InChI=1S/C7H12N2O3S/c10-5-8-2-1-7(12)9-3-4-13-6-11/h5-6H,1-4H2,(H,8,10)(H,9,12). The molecular formula is C7H12N2O3S. The van der Waals surface area contributed by atoms with Crippen LogP contribution in [0, 0.1) is 0 Å². The Balaban J connectivity index is 3.19. The van der Waals surface area contributed by atoms with Crippen LogP contribution in [-0.4, -0.2) is 36.8 Å². The fourth-order valence-corrected chi connectivity index (χ4v) is 0.947. The number of nitrogens with one attached hydrogen (secondary N) is 2. The normalized spacial score (nSPS) is 8.92. The zero-order valence-electron chi connectivity index (χ0n) is 7.12. The molecule has 0 heterocycles. The summed E-state index contributed by atoms with van der Waals surface area (Å²) >= 11 is 1.11. The maximum absolute atomic E-state index is 10.9. The topological polar surface area (TPSA) is 75.3 Å². The highest BCUT2D eigenvalue weighted by molar-refractivity contribution is 8.11. The predicted molar refractivity (Wildman–Crippen MR) is 50.9 cm³/mol. The summed E-state index contributed by atoms with van der Waals surface area (Å²) in [6.45, 7) is 0.819. The van der Waals surface area contributed by atoms with E-state index in [1.54, 1.807) is 0 Å². The molecule has 0 spiro atoms. The number of carbonyl (C=O) groups is 3. The molecule has 0 aliphatic heterocycles. The number of thioether (sulfide) groups is 1. The Morgan fingerprint density at radius 1 is 1.31 bits per heavy atom. The van der Waals surface area contributed by atoms with Crippen molar-refractivity contribution in [2.75, 3.05) is 18.8 Å². The Hall–Kier alpha value is -1.04. The van der Waals surface area contributed by atoms with Crippen molar-refractivity contribution in [1.82, 2.24) is 10.6 Å². The summed E-state index contributed by atoms with van der Waals surface area (Å²) < 4.78 is 0. The predicted octanol–water partition coefficient (Wildman–Crippen LogP) is -0.838. The maximum Gasteiger partial charge on any atom is 0.221 e. The van der Waals surface area contributed by atoms with Gasteiger partial charge in [0.05, 0.1) is 0 Å². The van der Waals surface area contributed by atoms with Crippen molar-refractivity contribution in [3.63, 3.8) is 0 Å². The summed E-state index contributed by atoms with van der Waals surface area (Å²) in [5, 5.41) is 4.98. The highest BCUT2D eigenvalue weighted by atomic mass is 32.2. The van der Waals surface area contributed by atoms with Gasteiger partial charge in [0.25, 0.3) is 0 Å². The molecule has 13 heavy (non-hydrogen) atoms. The van der Waals surface area contributed by atoms with Crippen molar-refractivity contribution in [1.29, 1.82) is 0 Å². The second-order valence-electron chi connectivity index (χ2n) is 2.14. The van der Waals surface area contributed by atoms with Gasteiger partial charge in [0, 0.05) is 25.3 Å². The Morgan fingerprint density at radius 2 is 2.08 bits per heavy atom. The molecule has 0 aromatic carbocycles. The first-order valence-electron chi connectivity index (χ1n) is 3.80. The summed E-state index contributed by atoms with van der Waals surface area (Å²) in [4.78, 5) is 30.6. The fraction of sp³-hybridized carbons (Fsp3) is 0.571. The van der Waals surface area contributed by atoms with E-state index in [-0.39, 0.29) is 12.3 Å². The smallest absolute Gasteiger partial charge is 0.221 e. The van der Waals surface area contributed by atoms with E-state index in [9.17, 15) is 14.4 Å². The van der Waals surface area contributed by atoms with Crippen LogP contribution < -0.4 is 10.6 Å². The van der Waals surface area contributed by atoms with Gasteiger partial charge >= 0.3 is 0 Å². The van der Waals surface area contributed by atoms with E-state index in [0.717, 1.165) is 17.4 Å². The molecule has 0 atom stereocenters. The van der Waals surface area contributed by atoms with Crippen LogP contribution in [0.1, 0.15) is 6.42 Å². The maximum atomic E-state index is 10.9. The number of amides is 2. The summed E-state index contributed by atoms with van der Waals surface area (Å²) in [5.74, 6) is 0.455. The largest absolute Gasteiger partial charge is 0.358 e. The summed E-state index contributed by atoms with van der Waals surface area (Å²) in [5.41, 5.74) is 0.736. The lowest BCUT2D eigenvalue weighted by atomic mass is 10.4. The van der Waals surface area contributed by atoms with Crippen molar-refractivity contribution in [3.05, 3.63) is 0 Å². The Morgan fingerprint density at radius 3 is 2.69 bits per heavy atom. The molecule has 2 N–H and O–H groups in total. The van der Waals surface area contributed by atoms with Crippen LogP contribution in [0.3, 0.4) is 0 Å². The molecule has 0 saturated carbocycles. The number of rotatable bonds is 8. The lowest BCUT2D eigenvalue weighted by Gasteiger charge is -2.02. The third kappa shape index (κ3) is 8.87. The van der Waals surface area contributed by atoms with Crippen LogP contribution in [-0.2, 0) is 14.4 Å². The van der Waals surface area contributed by atoms with Crippen molar-refractivity contribution < 1.29 is 14.4 Å². The number of hydrogen-bond donors (Lipinski definition) is 2. The Kier molecular flexibility index (Phi) is 8.33. The van der Waals surface area contributed by atoms with Crippen molar-refractivity contribution >= 4 is 29.7 Å². The molecule has 0 aromatic heterocycles.